The molecular formula is C15H22N2O4. The van der Waals surface area contributed by atoms with Crippen LogP contribution in [-0.4, -0.2) is 35.6 Å². The van der Waals surface area contributed by atoms with Gasteiger partial charge in [0.2, 0.25) is 0 Å². The second-order valence-electron chi connectivity index (χ2n) is 5.68. The molecule has 1 aliphatic carbocycles. The van der Waals surface area contributed by atoms with Crippen molar-refractivity contribution in [2.24, 2.45) is 11.8 Å². The molecule has 1 aromatic heterocycles. The predicted octanol–water partition coefficient (Wildman–Crippen LogP) is 2.31. The maximum Gasteiger partial charge on any atom is 0.317 e. The predicted molar refractivity (Wildman–Crippen MR) is 76.7 cm³/mol. The summed E-state index contributed by atoms with van der Waals surface area (Å²) >= 11 is 0. The fourth-order valence-electron chi connectivity index (χ4n) is 2.69. The maximum atomic E-state index is 12.0. The number of carboxylic acid groups (broad SMARTS) is 1. The summed E-state index contributed by atoms with van der Waals surface area (Å²) in [6, 6.07) is 3.49. The Hall–Kier alpha value is -1.98. The van der Waals surface area contributed by atoms with Gasteiger partial charge in [0.15, 0.2) is 0 Å². The van der Waals surface area contributed by atoms with Crippen LogP contribution in [0.3, 0.4) is 0 Å². The lowest BCUT2D eigenvalue weighted by atomic mass is 9.82. The lowest BCUT2D eigenvalue weighted by molar-refractivity contribution is -0.143. The summed E-state index contributed by atoms with van der Waals surface area (Å²) in [5, 5.41) is 11.9. The SMILES string of the molecule is CN(Cc1ccco1)C(=O)NCC1CCC(C(=O)O)CC1. The highest BCUT2D eigenvalue weighted by molar-refractivity contribution is 5.73. The van der Waals surface area contributed by atoms with Crippen LogP contribution in [0.1, 0.15) is 31.4 Å². The van der Waals surface area contributed by atoms with E-state index in [0.717, 1.165) is 18.6 Å². The van der Waals surface area contributed by atoms with Crippen LogP contribution < -0.4 is 5.32 Å². The van der Waals surface area contributed by atoms with E-state index in [2.05, 4.69) is 5.32 Å². The summed E-state index contributed by atoms with van der Waals surface area (Å²) in [5.41, 5.74) is 0. The monoisotopic (exact) mass is 294 g/mol. The van der Waals surface area contributed by atoms with Crippen LogP contribution in [-0.2, 0) is 11.3 Å². The van der Waals surface area contributed by atoms with E-state index in [1.807, 2.05) is 6.07 Å². The van der Waals surface area contributed by atoms with Gasteiger partial charge in [-0.05, 0) is 43.7 Å². The van der Waals surface area contributed by atoms with E-state index in [0.29, 0.717) is 31.8 Å². The summed E-state index contributed by atoms with van der Waals surface area (Å²) < 4.78 is 5.21. The smallest absolute Gasteiger partial charge is 0.317 e. The van der Waals surface area contributed by atoms with Gasteiger partial charge < -0.3 is 19.7 Å². The molecular weight excluding hydrogens is 272 g/mol. The van der Waals surface area contributed by atoms with Crippen LogP contribution >= 0.6 is 0 Å². The van der Waals surface area contributed by atoms with Crippen LogP contribution in [0.15, 0.2) is 22.8 Å². The zero-order valence-electron chi connectivity index (χ0n) is 12.2. The Morgan fingerprint density at radius 1 is 1.38 bits per heavy atom. The van der Waals surface area contributed by atoms with E-state index in [4.69, 9.17) is 9.52 Å². The van der Waals surface area contributed by atoms with E-state index < -0.39 is 5.97 Å². The number of urea groups is 1. The average Bonchev–Trinajstić information content (AvgIpc) is 2.98. The minimum Gasteiger partial charge on any atom is -0.481 e. The molecule has 1 heterocycles. The van der Waals surface area contributed by atoms with Crippen LogP contribution in [0.5, 0.6) is 0 Å². The number of carbonyl (C=O) groups is 2. The fourth-order valence-corrected chi connectivity index (χ4v) is 2.69. The molecule has 0 spiro atoms. The van der Waals surface area contributed by atoms with E-state index in [-0.39, 0.29) is 11.9 Å². The Balaban J connectivity index is 1.68. The average molecular weight is 294 g/mol. The third-order valence-corrected chi connectivity index (χ3v) is 4.06. The molecule has 0 bridgehead atoms. The number of hydrogen-bond acceptors (Lipinski definition) is 3. The van der Waals surface area contributed by atoms with Gasteiger partial charge in [-0.2, -0.15) is 0 Å². The molecule has 2 amide bonds. The number of rotatable bonds is 5. The highest BCUT2D eigenvalue weighted by Crippen LogP contribution is 2.28. The van der Waals surface area contributed by atoms with Crippen LogP contribution in [0.25, 0.3) is 0 Å². The molecule has 1 aromatic rings. The second kappa shape index (κ2) is 7.15. The third-order valence-electron chi connectivity index (χ3n) is 4.06. The van der Waals surface area contributed by atoms with Crippen molar-refractivity contribution in [2.45, 2.75) is 32.2 Å². The van der Waals surface area contributed by atoms with Gasteiger partial charge in [0, 0.05) is 13.6 Å². The number of nitrogens with one attached hydrogen (secondary N) is 1. The number of carbonyl (C=O) groups excluding carboxylic acids is 1. The van der Waals surface area contributed by atoms with E-state index in [1.165, 1.54) is 0 Å². The van der Waals surface area contributed by atoms with Gasteiger partial charge >= 0.3 is 12.0 Å². The lowest BCUT2D eigenvalue weighted by Crippen LogP contribution is -2.40. The number of aliphatic carboxylic acids is 1. The summed E-state index contributed by atoms with van der Waals surface area (Å²) in [4.78, 5) is 24.4. The highest BCUT2D eigenvalue weighted by atomic mass is 16.4. The quantitative estimate of drug-likeness (QED) is 0.873. The first-order valence-corrected chi connectivity index (χ1v) is 7.30. The van der Waals surface area contributed by atoms with Gasteiger partial charge in [0.25, 0.3) is 0 Å². The first kappa shape index (κ1) is 15.4. The molecule has 2 N–H and O–H groups in total. The first-order chi connectivity index (χ1) is 10.1. The zero-order chi connectivity index (χ0) is 15.2. The molecule has 1 aliphatic rings. The number of nitrogens with zero attached hydrogens (tertiary/aromatic N) is 1. The maximum absolute atomic E-state index is 12.0. The van der Waals surface area contributed by atoms with Crippen LogP contribution in [0.2, 0.25) is 0 Å². The Bertz CT molecular complexity index is 464. The molecule has 0 aromatic carbocycles. The standard InChI is InChI=1S/C15H22N2O4/c1-17(10-13-3-2-8-21-13)15(20)16-9-11-4-6-12(7-5-11)14(18)19/h2-3,8,11-12H,4-7,9-10H2,1H3,(H,16,20)(H,18,19). The van der Waals surface area contributed by atoms with Crippen molar-refractivity contribution in [2.75, 3.05) is 13.6 Å². The molecule has 0 saturated heterocycles. The van der Waals surface area contributed by atoms with E-state index in [9.17, 15) is 9.59 Å². The molecule has 1 saturated carbocycles. The number of furan rings is 1. The molecule has 0 unspecified atom stereocenters. The minimum absolute atomic E-state index is 0.133. The third kappa shape index (κ3) is 4.51. The molecule has 116 valence electrons. The largest absolute Gasteiger partial charge is 0.481 e. The lowest BCUT2D eigenvalue weighted by Gasteiger charge is -2.27. The van der Waals surface area contributed by atoms with Crippen molar-refractivity contribution >= 4 is 12.0 Å². The molecule has 1 fully saturated rings. The minimum atomic E-state index is -0.698. The molecule has 21 heavy (non-hydrogen) atoms. The Morgan fingerprint density at radius 2 is 2.10 bits per heavy atom. The molecule has 0 atom stereocenters. The molecule has 6 nitrogen and oxygen atoms in total. The fraction of sp³-hybridized carbons (Fsp3) is 0.600. The Morgan fingerprint density at radius 3 is 2.67 bits per heavy atom. The van der Waals surface area contributed by atoms with Gasteiger partial charge in [-0.1, -0.05) is 0 Å². The molecule has 0 radical (unpaired) electrons. The van der Waals surface area contributed by atoms with Crippen molar-refractivity contribution in [3.63, 3.8) is 0 Å². The van der Waals surface area contributed by atoms with Crippen molar-refractivity contribution in [1.82, 2.24) is 10.2 Å². The van der Waals surface area contributed by atoms with Gasteiger partial charge in [-0.15, -0.1) is 0 Å². The van der Waals surface area contributed by atoms with Crippen molar-refractivity contribution in [1.29, 1.82) is 0 Å². The van der Waals surface area contributed by atoms with Gasteiger partial charge in [-0.25, -0.2) is 4.79 Å². The first-order valence-electron chi connectivity index (χ1n) is 7.30. The second-order valence-corrected chi connectivity index (χ2v) is 5.68. The van der Waals surface area contributed by atoms with Crippen molar-refractivity contribution in [3.8, 4) is 0 Å². The summed E-state index contributed by atoms with van der Waals surface area (Å²) in [6.45, 7) is 1.04. The van der Waals surface area contributed by atoms with Crippen molar-refractivity contribution in [3.05, 3.63) is 24.2 Å². The van der Waals surface area contributed by atoms with E-state index in [1.54, 1.807) is 24.3 Å². The molecule has 2 rings (SSSR count). The zero-order valence-corrected chi connectivity index (χ0v) is 12.2. The van der Waals surface area contributed by atoms with E-state index >= 15 is 0 Å². The Labute approximate surface area is 124 Å². The van der Waals surface area contributed by atoms with Gasteiger partial charge in [0.05, 0.1) is 18.7 Å². The summed E-state index contributed by atoms with van der Waals surface area (Å²) in [7, 11) is 1.72. The van der Waals surface area contributed by atoms with Gasteiger partial charge in [-0.3, -0.25) is 4.79 Å². The number of amides is 2. The highest BCUT2D eigenvalue weighted by Gasteiger charge is 2.26. The number of hydrogen-bond donors (Lipinski definition) is 2. The number of carboxylic acids is 1. The van der Waals surface area contributed by atoms with Crippen LogP contribution in [0.4, 0.5) is 4.79 Å². The van der Waals surface area contributed by atoms with Crippen molar-refractivity contribution < 1.29 is 19.1 Å². The summed E-state index contributed by atoms with van der Waals surface area (Å²) in [6.07, 6.45) is 4.72. The van der Waals surface area contributed by atoms with Gasteiger partial charge in [0.1, 0.15) is 5.76 Å². The van der Waals surface area contributed by atoms with Crippen LogP contribution in [0, 0.1) is 11.8 Å². The molecule has 6 heteroatoms. The summed E-state index contributed by atoms with van der Waals surface area (Å²) in [5.74, 6) is 0.213. The molecule has 0 aliphatic heterocycles. The topological polar surface area (TPSA) is 82.8 Å². The normalized spacial score (nSPS) is 21.8. The Kier molecular flexibility index (Phi) is 5.25.